The summed E-state index contributed by atoms with van der Waals surface area (Å²) in [6.45, 7) is 3.67. The minimum atomic E-state index is -0.714. The Morgan fingerprint density at radius 3 is 2.72 bits per heavy atom. The van der Waals surface area contributed by atoms with E-state index in [1.807, 2.05) is 6.92 Å². The van der Waals surface area contributed by atoms with Gasteiger partial charge in [-0.3, -0.25) is 19.8 Å². The fraction of sp³-hybridized carbons (Fsp3) is 0.267. The van der Waals surface area contributed by atoms with E-state index in [1.165, 1.54) is 35.3 Å². The third-order valence-corrected chi connectivity index (χ3v) is 4.43. The number of non-ortho nitro benzene ring substituents is 1. The molecular formula is C15H14ClN3O5S. The number of benzene rings is 1. The second kappa shape index (κ2) is 8.04. The lowest BCUT2D eigenvalue weighted by Gasteiger charge is -2.14. The van der Waals surface area contributed by atoms with Crippen molar-refractivity contribution < 1.29 is 19.2 Å². The number of ether oxygens (including phenoxy) is 1. The summed E-state index contributed by atoms with van der Waals surface area (Å²) in [6.07, 6.45) is 0. The zero-order valence-electron chi connectivity index (χ0n) is 13.4. The normalized spacial score (nSPS) is 10.4. The van der Waals surface area contributed by atoms with Gasteiger partial charge in [0.1, 0.15) is 6.61 Å². The number of anilines is 1. The molecule has 0 aliphatic heterocycles. The molecule has 0 saturated heterocycles. The second-order valence-corrected chi connectivity index (χ2v) is 6.13. The van der Waals surface area contributed by atoms with E-state index in [1.54, 1.807) is 5.38 Å². The fourth-order valence-corrected chi connectivity index (χ4v) is 3.15. The van der Waals surface area contributed by atoms with Crippen molar-refractivity contribution >= 4 is 45.6 Å². The molecule has 1 aromatic carbocycles. The molecule has 0 spiro atoms. The van der Waals surface area contributed by atoms with Crippen LogP contribution in [0.25, 0.3) is 0 Å². The second-order valence-electron chi connectivity index (χ2n) is 4.88. The molecule has 1 aromatic heterocycles. The van der Waals surface area contributed by atoms with Crippen LogP contribution >= 0.6 is 22.9 Å². The van der Waals surface area contributed by atoms with Gasteiger partial charge in [0.25, 0.3) is 5.69 Å². The van der Waals surface area contributed by atoms with Crippen molar-refractivity contribution in [3.63, 3.8) is 0 Å². The van der Waals surface area contributed by atoms with Crippen molar-refractivity contribution in [2.24, 2.45) is 0 Å². The van der Waals surface area contributed by atoms with Crippen molar-refractivity contribution in [2.75, 3.05) is 11.4 Å². The zero-order valence-corrected chi connectivity index (χ0v) is 15.0. The molecule has 0 aliphatic rings. The van der Waals surface area contributed by atoms with Gasteiger partial charge in [-0.2, -0.15) is 0 Å². The molecule has 1 heterocycles. The van der Waals surface area contributed by atoms with Crippen LogP contribution in [-0.4, -0.2) is 28.3 Å². The van der Waals surface area contributed by atoms with Crippen LogP contribution in [0.1, 0.15) is 29.9 Å². The molecule has 25 heavy (non-hydrogen) atoms. The molecule has 10 heteroatoms. The van der Waals surface area contributed by atoms with Crippen LogP contribution in [0.2, 0.25) is 5.02 Å². The largest absolute Gasteiger partial charge is 0.456 e. The van der Waals surface area contributed by atoms with Gasteiger partial charge < -0.3 is 4.74 Å². The number of rotatable bonds is 6. The summed E-state index contributed by atoms with van der Waals surface area (Å²) in [4.78, 5) is 39.4. The Morgan fingerprint density at radius 1 is 1.44 bits per heavy atom. The number of nitrogens with zero attached hydrogens (tertiary/aromatic N) is 3. The highest BCUT2D eigenvalue weighted by Gasteiger charge is 2.18. The van der Waals surface area contributed by atoms with E-state index < -0.39 is 10.9 Å². The summed E-state index contributed by atoms with van der Waals surface area (Å²) in [6, 6.07) is 3.50. The van der Waals surface area contributed by atoms with Crippen LogP contribution in [-0.2, 0) is 16.1 Å². The van der Waals surface area contributed by atoms with Crippen molar-refractivity contribution in [2.45, 2.75) is 20.5 Å². The Balaban J connectivity index is 2.04. The Labute approximate surface area is 152 Å². The maximum Gasteiger partial charge on any atom is 0.340 e. The lowest BCUT2D eigenvalue weighted by atomic mass is 10.2. The first kappa shape index (κ1) is 18.8. The number of halogens is 1. The highest BCUT2D eigenvalue weighted by molar-refractivity contribution is 7.14. The molecule has 2 rings (SSSR count). The first-order chi connectivity index (χ1) is 11.8. The first-order valence-electron chi connectivity index (χ1n) is 7.17. The standard InChI is InChI=1S/C15H14ClN3O5S/c1-3-18(9(2)20)15-17-10(8-25-15)7-24-14(21)12-5-4-11(19(22)23)6-13(12)16/h4-6,8H,3,7H2,1-2H3. The van der Waals surface area contributed by atoms with Gasteiger partial charge in [0.15, 0.2) is 5.13 Å². The number of nitro groups is 1. The van der Waals surface area contributed by atoms with Gasteiger partial charge in [-0.05, 0) is 13.0 Å². The third-order valence-electron chi connectivity index (χ3n) is 3.20. The Hall–Kier alpha value is -2.52. The van der Waals surface area contributed by atoms with Crippen molar-refractivity contribution in [3.05, 3.63) is 50.0 Å². The van der Waals surface area contributed by atoms with Gasteiger partial charge in [0, 0.05) is 31.0 Å². The van der Waals surface area contributed by atoms with Crippen LogP contribution in [0.5, 0.6) is 0 Å². The van der Waals surface area contributed by atoms with Crippen LogP contribution in [0.4, 0.5) is 10.8 Å². The van der Waals surface area contributed by atoms with E-state index in [0.29, 0.717) is 17.4 Å². The predicted molar refractivity (Wildman–Crippen MR) is 93.0 cm³/mol. The van der Waals surface area contributed by atoms with E-state index in [2.05, 4.69) is 4.98 Å². The van der Waals surface area contributed by atoms with E-state index >= 15 is 0 Å². The van der Waals surface area contributed by atoms with Crippen LogP contribution in [0, 0.1) is 10.1 Å². The molecule has 0 fully saturated rings. The molecule has 132 valence electrons. The summed E-state index contributed by atoms with van der Waals surface area (Å²) in [7, 11) is 0. The zero-order chi connectivity index (χ0) is 18.6. The molecule has 1 amide bonds. The van der Waals surface area contributed by atoms with Gasteiger partial charge in [-0.1, -0.05) is 11.6 Å². The molecule has 8 nitrogen and oxygen atoms in total. The monoisotopic (exact) mass is 383 g/mol. The summed E-state index contributed by atoms with van der Waals surface area (Å²) < 4.78 is 5.13. The van der Waals surface area contributed by atoms with E-state index in [9.17, 15) is 19.7 Å². The van der Waals surface area contributed by atoms with Gasteiger partial charge in [-0.15, -0.1) is 11.3 Å². The lowest BCUT2D eigenvalue weighted by Crippen LogP contribution is -2.27. The Bertz CT molecular complexity index is 823. The Kier molecular flexibility index (Phi) is 6.05. The average Bonchev–Trinajstić information content (AvgIpc) is 3.01. The first-order valence-corrected chi connectivity index (χ1v) is 8.42. The third kappa shape index (κ3) is 4.52. The Morgan fingerprint density at radius 2 is 2.16 bits per heavy atom. The molecule has 0 saturated carbocycles. The molecule has 0 aliphatic carbocycles. The molecule has 0 unspecified atom stereocenters. The average molecular weight is 384 g/mol. The van der Waals surface area contributed by atoms with Gasteiger partial charge in [-0.25, -0.2) is 9.78 Å². The predicted octanol–water partition coefficient (Wildman–Crippen LogP) is 3.43. The summed E-state index contributed by atoms with van der Waals surface area (Å²) in [5, 5.41) is 12.8. The molecule has 0 atom stereocenters. The molecule has 0 radical (unpaired) electrons. The minimum absolute atomic E-state index is 0.0293. The van der Waals surface area contributed by atoms with Gasteiger partial charge >= 0.3 is 5.97 Å². The summed E-state index contributed by atoms with van der Waals surface area (Å²) in [5.74, 6) is -0.841. The van der Waals surface area contributed by atoms with Crippen molar-refractivity contribution in [1.29, 1.82) is 0 Å². The maximum absolute atomic E-state index is 12.1. The molecule has 0 N–H and O–H groups in total. The number of amides is 1. The smallest absolute Gasteiger partial charge is 0.340 e. The molecular weight excluding hydrogens is 370 g/mol. The van der Waals surface area contributed by atoms with Gasteiger partial charge in [0.05, 0.1) is 21.2 Å². The maximum atomic E-state index is 12.1. The van der Waals surface area contributed by atoms with E-state index in [4.69, 9.17) is 16.3 Å². The summed E-state index contributed by atoms with van der Waals surface area (Å²) in [5.41, 5.74) is 0.308. The lowest BCUT2D eigenvalue weighted by molar-refractivity contribution is -0.384. The number of hydrogen-bond acceptors (Lipinski definition) is 7. The van der Waals surface area contributed by atoms with Gasteiger partial charge in [0.2, 0.25) is 5.91 Å². The number of carbonyl (C=O) groups excluding carboxylic acids is 2. The fourth-order valence-electron chi connectivity index (χ4n) is 1.98. The van der Waals surface area contributed by atoms with E-state index in [0.717, 1.165) is 6.07 Å². The number of nitro benzene ring substituents is 1. The number of carbonyl (C=O) groups is 2. The highest BCUT2D eigenvalue weighted by Crippen LogP contribution is 2.24. The SMILES string of the molecule is CCN(C(C)=O)c1nc(COC(=O)c2ccc([N+](=O)[O-])cc2Cl)cs1. The number of hydrogen-bond donors (Lipinski definition) is 0. The number of aromatic nitrogens is 1. The van der Waals surface area contributed by atoms with Crippen LogP contribution in [0.15, 0.2) is 23.6 Å². The molecule has 2 aromatic rings. The molecule has 0 bridgehead atoms. The van der Waals surface area contributed by atoms with Crippen LogP contribution < -0.4 is 4.90 Å². The number of esters is 1. The van der Waals surface area contributed by atoms with Crippen molar-refractivity contribution in [3.8, 4) is 0 Å². The number of thiazole rings is 1. The highest BCUT2D eigenvalue weighted by atomic mass is 35.5. The minimum Gasteiger partial charge on any atom is -0.456 e. The van der Waals surface area contributed by atoms with E-state index in [-0.39, 0.29) is 28.8 Å². The summed E-state index contributed by atoms with van der Waals surface area (Å²) >= 11 is 7.15. The quantitative estimate of drug-likeness (QED) is 0.430. The topological polar surface area (TPSA) is 103 Å². The van der Waals surface area contributed by atoms with Crippen molar-refractivity contribution in [1.82, 2.24) is 4.98 Å². The van der Waals surface area contributed by atoms with Crippen LogP contribution in [0.3, 0.4) is 0 Å².